The summed E-state index contributed by atoms with van der Waals surface area (Å²) in [6.45, 7) is 1.97. The van der Waals surface area contributed by atoms with Gasteiger partial charge in [0.15, 0.2) is 0 Å². The minimum Gasteiger partial charge on any atom is -0.395 e. The van der Waals surface area contributed by atoms with E-state index in [0.29, 0.717) is 0 Å². The molecule has 0 aromatic heterocycles. The van der Waals surface area contributed by atoms with E-state index in [-0.39, 0.29) is 23.8 Å². The summed E-state index contributed by atoms with van der Waals surface area (Å²) >= 11 is 1.55. The van der Waals surface area contributed by atoms with Gasteiger partial charge in [-0.3, -0.25) is 4.79 Å². The van der Waals surface area contributed by atoms with Crippen LogP contribution in [0.15, 0.2) is 0 Å². The zero-order valence-electron chi connectivity index (χ0n) is 9.32. The van der Waals surface area contributed by atoms with Crippen molar-refractivity contribution in [2.24, 2.45) is 5.73 Å². The van der Waals surface area contributed by atoms with Crippen LogP contribution < -0.4 is 11.1 Å². The second kappa shape index (κ2) is 5.18. The highest BCUT2D eigenvalue weighted by molar-refractivity contribution is 7.99. The van der Waals surface area contributed by atoms with E-state index in [1.165, 1.54) is 0 Å². The van der Waals surface area contributed by atoms with Crippen molar-refractivity contribution in [1.29, 1.82) is 0 Å². The van der Waals surface area contributed by atoms with Crippen molar-refractivity contribution < 1.29 is 9.90 Å². The van der Waals surface area contributed by atoms with E-state index in [1.54, 1.807) is 11.8 Å². The maximum absolute atomic E-state index is 11.8. The van der Waals surface area contributed by atoms with Crippen LogP contribution in [-0.2, 0) is 4.79 Å². The van der Waals surface area contributed by atoms with Crippen LogP contribution in [0, 0.1) is 0 Å². The van der Waals surface area contributed by atoms with Crippen LogP contribution in [0.1, 0.15) is 26.2 Å². The number of hydrogen-bond donors (Lipinski definition) is 3. The molecule has 0 aliphatic heterocycles. The number of carbonyl (C=O) groups excluding carboxylic acids is 1. The second-order valence-corrected chi connectivity index (χ2v) is 5.31. The molecule has 1 aliphatic carbocycles. The fraction of sp³-hybridized carbons (Fsp3) is 0.900. The Morgan fingerprint density at radius 2 is 2.27 bits per heavy atom. The first-order valence-corrected chi connectivity index (χ1v) is 6.56. The summed E-state index contributed by atoms with van der Waals surface area (Å²) in [5, 5.41) is 12.0. The van der Waals surface area contributed by atoms with Gasteiger partial charge in [-0.2, -0.15) is 11.8 Å². The quantitative estimate of drug-likeness (QED) is 0.628. The Kier molecular flexibility index (Phi) is 4.43. The third-order valence-electron chi connectivity index (χ3n) is 3.10. The van der Waals surface area contributed by atoms with Gasteiger partial charge in [-0.1, -0.05) is 0 Å². The van der Waals surface area contributed by atoms with Crippen molar-refractivity contribution in [2.75, 3.05) is 12.9 Å². The molecule has 5 heteroatoms. The van der Waals surface area contributed by atoms with E-state index in [4.69, 9.17) is 10.8 Å². The number of hydrogen-bond acceptors (Lipinski definition) is 4. The first-order valence-electron chi connectivity index (χ1n) is 5.27. The molecule has 0 spiro atoms. The minimum atomic E-state index is -0.646. The second-order valence-electron chi connectivity index (χ2n) is 4.23. The predicted molar refractivity (Wildman–Crippen MR) is 62.8 cm³/mol. The van der Waals surface area contributed by atoms with Gasteiger partial charge in [-0.15, -0.1) is 0 Å². The van der Waals surface area contributed by atoms with Gasteiger partial charge >= 0.3 is 0 Å². The summed E-state index contributed by atoms with van der Waals surface area (Å²) in [7, 11) is 0. The monoisotopic (exact) mass is 232 g/mol. The number of nitrogens with one attached hydrogen (secondary N) is 1. The number of nitrogens with two attached hydrogens (primary N) is 1. The van der Waals surface area contributed by atoms with E-state index in [9.17, 15) is 4.79 Å². The molecule has 88 valence electrons. The van der Waals surface area contributed by atoms with Gasteiger partial charge in [0.2, 0.25) is 5.91 Å². The Hall–Kier alpha value is -0.260. The zero-order chi connectivity index (χ0) is 11.5. The van der Waals surface area contributed by atoms with E-state index in [0.717, 1.165) is 19.3 Å². The van der Waals surface area contributed by atoms with Crippen molar-refractivity contribution >= 4 is 17.7 Å². The highest BCUT2D eigenvalue weighted by Gasteiger charge is 2.40. The van der Waals surface area contributed by atoms with Crippen molar-refractivity contribution in [3.05, 3.63) is 0 Å². The highest BCUT2D eigenvalue weighted by Crippen LogP contribution is 2.29. The van der Waals surface area contributed by atoms with Gasteiger partial charge in [0.25, 0.3) is 0 Å². The molecule has 2 atom stereocenters. The molecule has 1 fully saturated rings. The SMILES string of the molecule is CSC(CO)C(C)NC(=O)C1(N)CCC1. The fourth-order valence-corrected chi connectivity index (χ4v) is 2.29. The maximum atomic E-state index is 11.8. The number of carbonyl (C=O) groups is 1. The lowest BCUT2D eigenvalue weighted by Gasteiger charge is -2.37. The molecule has 1 amide bonds. The molecule has 1 rings (SSSR count). The summed E-state index contributed by atoms with van der Waals surface area (Å²) in [6.07, 6.45) is 4.50. The molecular formula is C10H20N2O2S. The molecule has 0 radical (unpaired) electrons. The first kappa shape index (κ1) is 12.8. The Balaban J connectivity index is 2.43. The number of aliphatic hydroxyl groups is 1. The fourth-order valence-electron chi connectivity index (χ4n) is 1.66. The molecule has 4 N–H and O–H groups in total. The number of thioether (sulfide) groups is 1. The molecular weight excluding hydrogens is 212 g/mol. The molecule has 4 nitrogen and oxygen atoms in total. The van der Waals surface area contributed by atoms with Crippen LogP contribution >= 0.6 is 11.8 Å². The lowest BCUT2D eigenvalue weighted by molar-refractivity contribution is -0.129. The first-order chi connectivity index (χ1) is 7.03. The van der Waals surface area contributed by atoms with Gasteiger partial charge < -0.3 is 16.2 Å². The molecule has 0 aromatic rings. The maximum Gasteiger partial charge on any atom is 0.240 e. The van der Waals surface area contributed by atoms with Gasteiger partial charge in [0.05, 0.1) is 12.1 Å². The zero-order valence-corrected chi connectivity index (χ0v) is 10.1. The average Bonchev–Trinajstić information content (AvgIpc) is 2.15. The van der Waals surface area contributed by atoms with Crippen LogP contribution in [0.25, 0.3) is 0 Å². The largest absolute Gasteiger partial charge is 0.395 e. The van der Waals surface area contributed by atoms with Crippen LogP contribution in [0.2, 0.25) is 0 Å². The van der Waals surface area contributed by atoms with Crippen molar-refractivity contribution in [3.63, 3.8) is 0 Å². The summed E-state index contributed by atoms with van der Waals surface area (Å²) in [4.78, 5) is 11.8. The Bertz CT molecular complexity index is 227. The van der Waals surface area contributed by atoms with Crippen molar-refractivity contribution in [2.45, 2.75) is 43.0 Å². The van der Waals surface area contributed by atoms with Gasteiger partial charge in [0, 0.05) is 11.3 Å². The number of aliphatic hydroxyl groups excluding tert-OH is 1. The Morgan fingerprint density at radius 3 is 2.60 bits per heavy atom. The van der Waals surface area contributed by atoms with Crippen LogP contribution in [0.5, 0.6) is 0 Å². The van der Waals surface area contributed by atoms with E-state index in [1.807, 2.05) is 13.2 Å². The number of rotatable bonds is 5. The Morgan fingerprint density at radius 1 is 1.67 bits per heavy atom. The van der Waals surface area contributed by atoms with Gasteiger partial charge in [-0.05, 0) is 32.4 Å². The molecule has 0 saturated heterocycles. The summed E-state index contributed by atoms with van der Waals surface area (Å²) in [6, 6.07) is -0.0430. The summed E-state index contributed by atoms with van der Waals surface area (Å²) < 4.78 is 0. The van der Waals surface area contributed by atoms with E-state index in [2.05, 4.69) is 5.32 Å². The van der Waals surface area contributed by atoms with E-state index < -0.39 is 5.54 Å². The third kappa shape index (κ3) is 2.86. The normalized spacial score (nSPS) is 22.7. The van der Waals surface area contributed by atoms with Gasteiger partial charge in [0.1, 0.15) is 0 Å². The molecule has 0 aromatic carbocycles. The van der Waals surface area contributed by atoms with Crippen LogP contribution in [0.3, 0.4) is 0 Å². The Labute approximate surface area is 95.0 Å². The summed E-state index contributed by atoms with van der Waals surface area (Å²) in [5.41, 5.74) is 5.25. The molecule has 15 heavy (non-hydrogen) atoms. The average molecular weight is 232 g/mol. The topological polar surface area (TPSA) is 75.3 Å². The third-order valence-corrected chi connectivity index (χ3v) is 4.26. The number of amides is 1. The van der Waals surface area contributed by atoms with Crippen molar-refractivity contribution in [1.82, 2.24) is 5.32 Å². The predicted octanol–water partition coefficient (Wildman–Crippen LogP) is 0.0964. The minimum absolute atomic E-state index is 0.0395. The highest BCUT2D eigenvalue weighted by atomic mass is 32.2. The lowest BCUT2D eigenvalue weighted by atomic mass is 9.77. The molecule has 1 saturated carbocycles. The molecule has 0 bridgehead atoms. The smallest absolute Gasteiger partial charge is 0.240 e. The standard InChI is InChI=1S/C10H20N2O2S/c1-7(8(6-13)15-2)12-9(14)10(11)4-3-5-10/h7-8,13H,3-6,11H2,1-2H3,(H,12,14). The molecule has 0 heterocycles. The van der Waals surface area contributed by atoms with Gasteiger partial charge in [-0.25, -0.2) is 0 Å². The van der Waals surface area contributed by atoms with Crippen LogP contribution in [0.4, 0.5) is 0 Å². The molecule has 1 aliphatic rings. The molecule has 2 unspecified atom stereocenters. The summed E-state index contributed by atoms with van der Waals surface area (Å²) in [5.74, 6) is -0.0752. The van der Waals surface area contributed by atoms with Crippen LogP contribution in [-0.4, -0.2) is 40.7 Å². The van der Waals surface area contributed by atoms with Crippen molar-refractivity contribution in [3.8, 4) is 0 Å². The van der Waals surface area contributed by atoms with E-state index >= 15 is 0 Å². The lowest BCUT2D eigenvalue weighted by Crippen LogP contribution is -2.61.